The second-order valence-electron chi connectivity index (χ2n) is 3.41. The summed E-state index contributed by atoms with van der Waals surface area (Å²) in [5, 5.41) is 1.00. The van der Waals surface area contributed by atoms with Crippen LogP contribution in [-0.4, -0.2) is 27.3 Å². The number of hydrogen-bond acceptors (Lipinski definition) is 5. The van der Waals surface area contributed by atoms with Crippen molar-refractivity contribution in [1.29, 1.82) is 0 Å². The highest BCUT2D eigenvalue weighted by Crippen LogP contribution is 2.45. The summed E-state index contributed by atoms with van der Waals surface area (Å²) in [6, 6.07) is 3.61. The number of esters is 1. The van der Waals surface area contributed by atoms with E-state index in [1.807, 2.05) is 6.07 Å². The number of benzene rings is 1. The van der Waals surface area contributed by atoms with Crippen LogP contribution >= 0.6 is 22.9 Å². The van der Waals surface area contributed by atoms with E-state index < -0.39 is 5.97 Å². The minimum absolute atomic E-state index is 0.331. The van der Waals surface area contributed by atoms with E-state index in [4.69, 9.17) is 25.8 Å². The van der Waals surface area contributed by atoms with Crippen molar-refractivity contribution in [3.63, 3.8) is 0 Å². The van der Waals surface area contributed by atoms with Gasteiger partial charge in [0.15, 0.2) is 11.5 Å². The van der Waals surface area contributed by atoms with Crippen LogP contribution in [0.2, 0.25) is 5.02 Å². The maximum absolute atomic E-state index is 11.6. The van der Waals surface area contributed by atoms with Gasteiger partial charge in [0.05, 0.1) is 31.7 Å². The molecule has 6 heteroatoms. The summed E-state index contributed by atoms with van der Waals surface area (Å²) in [4.78, 5) is 12.0. The van der Waals surface area contributed by atoms with Gasteiger partial charge in [-0.05, 0) is 12.1 Å². The van der Waals surface area contributed by atoms with E-state index in [1.165, 1.54) is 25.6 Å². The Morgan fingerprint density at radius 1 is 1.22 bits per heavy atom. The minimum Gasteiger partial charge on any atom is -0.493 e. The molecule has 2 aromatic rings. The molecular formula is C12H11ClO4S. The standard InChI is InChI=1S/C12H11ClO4S/c1-15-6-4-5-7-8(10(6)16-2)9(13)11(18-7)12(14)17-3/h4-5H,1-3H3. The zero-order valence-corrected chi connectivity index (χ0v) is 11.6. The van der Waals surface area contributed by atoms with Gasteiger partial charge in [0, 0.05) is 4.70 Å². The fourth-order valence-corrected chi connectivity index (χ4v) is 3.14. The molecule has 1 heterocycles. The highest BCUT2D eigenvalue weighted by atomic mass is 35.5. The number of methoxy groups -OCH3 is 3. The van der Waals surface area contributed by atoms with Gasteiger partial charge < -0.3 is 14.2 Å². The van der Waals surface area contributed by atoms with Crippen LogP contribution in [0.5, 0.6) is 11.5 Å². The topological polar surface area (TPSA) is 44.8 Å². The van der Waals surface area contributed by atoms with Crippen LogP contribution in [-0.2, 0) is 4.74 Å². The molecule has 0 unspecified atom stereocenters. The average Bonchev–Trinajstić information content (AvgIpc) is 2.74. The molecule has 0 fully saturated rings. The SMILES string of the molecule is COC(=O)c1sc2ccc(OC)c(OC)c2c1Cl. The lowest BCUT2D eigenvalue weighted by Gasteiger charge is -2.08. The summed E-state index contributed by atoms with van der Waals surface area (Å²) in [6.45, 7) is 0. The van der Waals surface area contributed by atoms with E-state index in [1.54, 1.807) is 13.2 Å². The van der Waals surface area contributed by atoms with Gasteiger partial charge in [0.1, 0.15) is 4.88 Å². The second-order valence-corrected chi connectivity index (χ2v) is 4.84. The summed E-state index contributed by atoms with van der Waals surface area (Å²) >= 11 is 7.48. The van der Waals surface area contributed by atoms with Gasteiger partial charge in [-0.3, -0.25) is 0 Å². The van der Waals surface area contributed by atoms with Crippen molar-refractivity contribution in [3.05, 3.63) is 22.0 Å². The molecular weight excluding hydrogens is 276 g/mol. The van der Waals surface area contributed by atoms with Crippen LogP contribution in [0.1, 0.15) is 9.67 Å². The zero-order chi connectivity index (χ0) is 13.3. The first-order valence-electron chi connectivity index (χ1n) is 5.05. The Hall–Kier alpha value is -1.46. The van der Waals surface area contributed by atoms with Crippen molar-refractivity contribution < 1.29 is 19.0 Å². The normalized spacial score (nSPS) is 10.4. The number of fused-ring (bicyclic) bond motifs is 1. The van der Waals surface area contributed by atoms with Crippen molar-refractivity contribution >= 4 is 39.0 Å². The number of hydrogen-bond donors (Lipinski definition) is 0. The minimum atomic E-state index is -0.456. The molecule has 0 saturated carbocycles. The number of carbonyl (C=O) groups excluding carboxylic acids is 1. The Bertz CT molecular complexity index is 606. The van der Waals surface area contributed by atoms with Crippen LogP contribution in [0, 0.1) is 0 Å². The Kier molecular flexibility index (Phi) is 3.63. The second kappa shape index (κ2) is 5.04. The summed E-state index contributed by atoms with van der Waals surface area (Å²) in [5.41, 5.74) is 0. The third-order valence-corrected chi connectivity index (χ3v) is 4.13. The fourth-order valence-electron chi connectivity index (χ4n) is 1.69. The average molecular weight is 287 g/mol. The molecule has 2 rings (SSSR count). The zero-order valence-electron chi connectivity index (χ0n) is 10.1. The van der Waals surface area contributed by atoms with Crippen LogP contribution in [0.3, 0.4) is 0 Å². The lowest BCUT2D eigenvalue weighted by molar-refractivity contribution is 0.0606. The van der Waals surface area contributed by atoms with Crippen molar-refractivity contribution in [2.45, 2.75) is 0 Å². The summed E-state index contributed by atoms with van der Waals surface area (Å²) in [6.07, 6.45) is 0. The molecule has 4 nitrogen and oxygen atoms in total. The first-order chi connectivity index (χ1) is 8.63. The molecule has 0 saturated heterocycles. The van der Waals surface area contributed by atoms with Gasteiger partial charge in [0.2, 0.25) is 0 Å². The third kappa shape index (κ3) is 1.89. The highest BCUT2D eigenvalue weighted by Gasteiger charge is 2.22. The highest BCUT2D eigenvalue weighted by molar-refractivity contribution is 7.21. The van der Waals surface area contributed by atoms with Gasteiger partial charge in [-0.1, -0.05) is 11.6 Å². The molecule has 1 aromatic carbocycles. The van der Waals surface area contributed by atoms with E-state index in [9.17, 15) is 4.79 Å². The van der Waals surface area contributed by atoms with Crippen molar-refractivity contribution in [1.82, 2.24) is 0 Å². The Labute approximate surface area is 113 Å². The lowest BCUT2D eigenvalue weighted by atomic mass is 10.2. The summed E-state index contributed by atoms with van der Waals surface area (Å²) < 4.78 is 16.0. The van der Waals surface area contributed by atoms with Gasteiger partial charge in [0.25, 0.3) is 0 Å². The summed E-state index contributed by atoms with van der Waals surface area (Å²) in [7, 11) is 4.40. The molecule has 1 aromatic heterocycles. The van der Waals surface area contributed by atoms with Gasteiger partial charge in [-0.15, -0.1) is 11.3 Å². The number of rotatable bonds is 3. The van der Waals surface area contributed by atoms with E-state index >= 15 is 0 Å². The summed E-state index contributed by atoms with van der Waals surface area (Å²) in [5.74, 6) is 0.634. The molecule has 96 valence electrons. The Morgan fingerprint density at radius 3 is 2.50 bits per heavy atom. The first-order valence-corrected chi connectivity index (χ1v) is 6.24. The Morgan fingerprint density at radius 2 is 1.94 bits per heavy atom. The first kappa shape index (κ1) is 13.0. The molecule has 0 amide bonds. The van der Waals surface area contributed by atoms with E-state index in [2.05, 4.69) is 0 Å². The van der Waals surface area contributed by atoms with Crippen LogP contribution in [0.4, 0.5) is 0 Å². The monoisotopic (exact) mass is 286 g/mol. The van der Waals surface area contributed by atoms with Gasteiger partial charge in [-0.25, -0.2) is 4.79 Å². The molecule has 0 bridgehead atoms. The van der Waals surface area contributed by atoms with Crippen LogP contribution in [0.25, 0.3) is 10.1 Å². The molecule has 0 aliphatic heterocycles. The third-order valence-electron chi connectivity index (χ3n) is 2.51. The van der Waals surface area contributed by atoms with E-state index in [0.29, 0.717) is 26.8 Å². The maximum Gasteiger partial charge on any atom is 0.349 e. The predicted molar refractivity (Wildman–Crippen MR) is 71.3 cm³/mol. The maximum atomic E-state index is 11.6. The molecule has 0 aliphatic carbocycles. The fraction of sp³-hybridized carbons (Fsp3) is 0.250. The van der Waals surface area contributed by atoms with E-state index in [0.717, 1.165) is 4.70 Å². The van der Waals surface area contributed by atoms with E-state index in [-0.39, 0.29) is 0 Å². The van der Waals surface area contributed by atoms with Crippen LogP contribution < -0.4 is 9.47 Å². The quantitative estimate of drug-likeness (QED) is 0.812. The lowest BCUT2D eigenvalue weighted by Crippen LogP contribution is -1.98. The van der Waals surface area contributed by atoms with Crippen LogP contribution in [0.15, 0.2) is 12.1 Å². The number of halogens is 1. The Balaban J connectivity index is 2.77. The molecule has 0 radical (unpaired) electrons. The number of carbonyl (C=O) groups is 1. The van der Waals surface area contributed by atoms with Gasteiger partial charge in [-0.2, -0.15) is 0 Å². The molecule has 0 N–H and O–H groups in total. The van der Waals surface area contributed by atoms with Gasteiger partial charge >= 0.3 is 5.97 Å². The number of ether oxygens (including phenoxy) is 3. The largest absolute Gasteiger partial charge is 0.493 e. The molecule has 0 atom stereocenters. The van der Waals surface area contributed by atoms with Crippen molar-refractivity contribution in [2.24, 2.45) is 0 Å². The molecule has 0 aliphatic rings. The number of thiophene rings is 1. The van der Waals surface area contributed by atoms with Crippen molar-refractivity contribution in [2.75, 3.05) is 21.3 Å². The molecule has 18 heavy (non-hydrogen) atoms. The smallest absolute Gasteiger partial charge is 0.349 e. The predicted octanol–water partition coefficient (Wildman–Crippen LogP) is 3.36. The molecule has 0 spiro atoms. The van der Waals surface area contributed by atoms with Crippen molar-refractivity contribution in [3.8, 4) is 11.5 Å².